The zero-order valence-electron chi connectivity index (χ0n) is 24.4. The number of carbonyl (C=O) groups excluding carboxylic acids is 2. The maximum atomic E-state index is 13.9. The number of benzene rings is 3. The van der Waals surface area contributed by atoms with E-state index in [0.717, 1.165) is 39.9 Å². The summed E-state index contributed by atoms with van der Waals surface area (Å²) >= 11 is 0. The van der Waals surface area contributed by atoms with E-state index < -0.39 is 29.5 Å². The zero-order valence-corrected chi connectivity index (χ0v) is 24.4. The molecule has 0 radical (unpaired) electrons. The van der Waals surface area contributed by atoms with Gasteiger partial charge in [-0.3, -0.25) is 19.3 Å². The van der Waals surface area contributed by atoms with Crippen LogP contribution in [0.2, 0.25) is 0 Å². The molecule has 11 heteroatoms. The lowest BCUT2D eigenvalue weighted by Crippen LogP contribution is -2.43. The molecule has 0 aromatic heterocycles. The van der Waals surface area contributed by atoms with Crippen molar-refractivity contribution in [2.24, 2.45) is 5.92 Å². The number of allylic oxidation sites excluding steroid dienone is 2. The molecular formula is C34H28F3N3O5. The van der Waals surface area contributed by atoms with E-state index in [1.54, 1.807) is 11.0 Å². The minimum Gasteiger partial charge on any atom is -0.481 e. The van der Waals surface area contributed by atoms with Gasteiger partial charge < -0.3 is 14.7 Å². The minimum absolute atomic E-state index is 0.0351. The summed E-state index contributed by atoms with van der Waals surface area (Å²) < 4.78 is 46.1. The van der Waals surface area contributed by atoms with Crippen molar-refractivity contribution < 1.29 is 37.4 Å². The normalized spacial score (nSPS) is 17.0. The number of amides is 2. The van der Waals surface area contributed by atoms with Gasteiger partial charge in [-0.15, -0.1) is 0 Å². The van der Waals surface area contributed by atoms with Gasteiger partial charge in [0.05, 0.1) is 17.7 Å². The Kier molecular flexibility index (Phi) is 8.51. The van der Waals surface area contributed by atoms with Crippen LogP contribution >= 0.6 is 0 Å². The van der Waals surface area contributed by atoms with E-state index in [-0.39, 0.29) is 53.6 Å². The number of alkyl halides is 3. The van der Waals surface area contributed by atoms with E-state index in [1.807, 2.05) is 50.2 Å². The third kappa shape index (κ3) is 6.17. The average Bonchev–Trinajstić information content (AvgIpc) is 3.36. The first-order valence-corrected chi connectivity index (χ1v) is 14.2. The molecule has 2 heterocycles. The monoisotopic (exact) mass is 615 g/mol. The smallest absolute Gasteiger partial charge is 0.416 e. The highest BCUT2D eigenvalue weighted by Gasteiger charge is 2.38. The van der Waals surface area contributed by atoms with E-state index in [9.17, 15) is 37.9 Å². The average molecular weight is 616 g/mol. The van der Waals surface area contributed by atoms with Crippen LogP contribution in [-0.2, 0) is 20.6 Å². The summed E-state index contributed by atoms with van der Waals surface area (Å²) in [7, 11) is 0. The third-order valence-electron chi connectivity index (χ3n) is 7.56. The molecule has 0 saturated heterocycles. The van der Waals surface area contributed by atoms with Gasteiger partial charge in [-0.2, -0.15) is 18.4 Å². The van der Waals surface area contributed by atoms with Crippen LogP contribution < -0.4 is 9.64 Å². The largest absolute Gasteiger partial charge is 0.481 e. The molecule has 45 heavy (non-hydrogen) atoms. The number of anilines is 1. The summed E-state index contributed by atoms with van der Waals surface area (Å²) in [5.74, 6) is -1.77. The van der Waals surface area contributed by atoms with Crippen molar-refractivity contribution >= 4 is 39.8 Å². The fourth-order valence-electron chi connectivity index (χ4n) is 5.24. The molecule has 2 amide bonds. The molecule has 0 unspecified atom stereocenters. The number of hydrogen-bond acceptors (Lipinski definition) is 6. The molecule has 3 aromatic carbocycles. The lowest BCUT2D eigenvalue weighted by atomic mass is 9.87. The first-order valence-electron chi connectivity index (χ1n) is 14.2. The van der Waals surface area contributed by atoms with E-state index in [4.69, 9.17) is 4.74 Å². The number of nitrogens with zero attached hydrogens (tertiary/aromatic N) is 3. The van der Waals surface area contributed by atoms with Crippen LogP contribution in [0.3, 0.4) is 0 Å². The number of imide groups is 1. The summed E-state index contributed by atoms with van der Waals surface area (Å²) in [6.07, 6.45) is -1.57. The highest BCUT2D eigenvalue weighted by Crippen LogP contribution is 2.44. The summed E-state index contributed by atoms with van der Waals surface area (Å²) in [6.45, 7) is 3.90. The molecule has 2 aliphatic heterocycles. The van der Waals surface area contributed by atoms with Crippen LogP contribution in [0.15, 0.2) is 89.8 Å². The highest BCUT2D eigenvalue weighted by atomic mass is 19.4. The highest BCUT2D eigenvalue weighted by molar-refractivity contribution is 6.27. The van der Waals surface area contributed by atoms with Crippen molar-refractivity contribution in [2.75, 3.05) is 18.0 Å². The molecule has 0 saturated carbocycles. The quantitative estimate of drug-likeness (QED) is 0.222. The van der Waals surface area contributed by atoms with E-state index in [0.29, 0.717) is 17.9 Å². The zero-order chi connectivity index (χ0) is 32.5. The number of rotatable bonds is 8. The maximum absolute atomic E-state index is 13.9. The van der Waals surface area contributed by atoms with Crippen molar-refractivity contribution in [3.8, 4) is 11.8 Å². The van der Waals surface area contributed by atoms with Gasteiger partial charge in [-0.1, -0.05) is 56.3 Å². The number of nitriles is 1. The number of aliphatic carboxylic acids is 1. The van der Waals surface area contributed by atoms with Crippen LogP contribution in [0.25, 0.3) is 16.3 Å². The van der Waals surface area contributed by atoms with Crippen LogP contribution in [0.5, 0.6) is 5.75 Å². The molecule has 3 aromatic rings. The predicted molar refractivity (Wildman–Crippen MR) is 160 cm³/mol. The SMILES string of the molecule is CC(C)CCN1C(=O)C(C#N)=C(c2ccc(C(F)(F)F)cc2)/C(=C/C=C2\Oc3c(ccc4ccccc34)N2CCC(=O)O)C1=O. The Morgan fingerprint density at radius 1 is 0.978 bits per heavy atom. The third-order valence-corrected chi connectivity index (χ3v) is 7.56. The number of carboxylic acid groups (broad SMARTS) is 1. The van der Waals surface area contributed by atoms with Crippen molar-refractivity contribution in [1.82, 2.24) is 4.90 Å². The second-order valence-electron chi connectivity index (χ2n) is 11.0. The Balaban J connectivity index is 1.66. The topological polar surface area (TPSA) is 111 Å². The standard InChI is InChI=1S/C34H28F3N3O5/c1-20(2)15-17-40-32(43)25(30(26(19-38)33(40)44)22-7-10-23(11-8-22)34(35,36)37)12-14-28-39(18-16-29(41)42)27-13-9-21-5-3-4-6-24(21)31(27)45-28/h3-14,20H,15-18H2,1-2H3,(H,41,42)/b25-12-,28-14-. The predicted octanol–water partition coefficient (Wildman–Crippen LogP) is 6.69. The molecular weight excluding hydrogens is 587 g/mol. The van der Waals surface area contributed by atoms with Crippen LogP contribution in [0, 0.1) is 17.2 Å². The summed E-state index contributed by atoms with van der Waals surface area (Å²) in [4.78, 5) is 41.3. The second kappa shape index (κ2) is 12.3. The van der Waals surface area contributed by atoms with Crippen molar-refractivity contribution in [1.29, 1.82) is 5.26 Å². The summed E-state index contributed by atoms with van der Waals surface area (Å²) in [5.41, 5.74) is -0.810. The first-order chi connectivity index (χ1) is 21.4. The molecule has 0 aliphatic carbocycles. The Labute approximate surface area is 256 Å². The van der Waals surface area contributed by atoms with Gasteiger partial charge >= 0.3 is 12.1 Å². The van der Waals surface area contributed by atoms with E-state index in [1.165, 1.54) is 12.2 Å². The number of halogens is 3. The van der Waals surface area contributed by atoms with Gasteiger partial charge in [0.25, 0.3) is 11.8 Å². The summed E-state index contributed by atoms with van der Waals surface area (Å²) in [6, 6.07) is 16.9. The maximum Gasteiger partial charge on any atom is 0.416 e. The number of ether oxygens (including phenoxy) is 1. The van der Waals surface area contributed by atoms with Gasteiger partial charge in [0.1, 0.15) is 11.6 Å². The van der Waals surface area contributed by atoms with E-state index in [2.05, 4.69) is 0 Å². The van der Waals surface area contributed by atoms with Crippen molar-refractivity contribution in [2.45, 2.75) is 32.9 Å². The van der Waals surface area contributed by atoms with Gasteiger partial charge in [-0.25, -0.2) is 0 Å². The Hall–Kier alpha value is -5.37. The fourth-order valence-corrected chi connectivity index (χ4v) is 5.24. The number of fused-ring (bicyclic) bond motifs is 3. The molecule has 230 valence electrons. The van der Waals surface area contributed by atoms with Crippen molar-refractivity contribution in [3.63, 3.8) is 0 Å². The van der Waals surface area contributed by atoms with Gasteiger partial charge in [0.2, 0.25) is 5.88 Å². The van der Waals surface area contributed by atoms with Crippen LogP contribution in [-0.4, -0.2) is 40.9 Å². The Morgan fingerprint density at radius 3 is 2.33 bits per heavy atom. The molecule has 0 atom stereocenters. The number of carbonyl (C=O) groups is 3. The summed E-state index contributed by atoms with van der Waals surface area (Å²) in [5, 5.41) is 21.1. The van der Waals surface area contributed by atoms with Crippen LogP contribution in [0.4, 0.5) is 18.9 Å². The first kappa shape index (κ1) is 31.1. The van der Waals surface area contributed by atoms with E-state index >= 15 is 0 Å². The lowest BCUT2D eigenvalue weighted by molar-refractivity contribution is -0.140. The molecule has 5 rings (SSSR count). The second-order valence-corrected chi connectivity index (χ2v) is 11.0. The Bertz CT molecular complexity index is 1830. The molecule has 2 aliphatic rings. The molecule has 8 nitrogen and oxygen atoms in total. The minimum atomic E-state index is -4.61. The number of hydrogen-bond donors (Lipinski definition) is 1. The van der Waals surface area contributed by atoms with Crippen LogP contribution in [0.1, 0.15) is 37.8 Å². The molecule has 0 spiro atoms. The fraction of sp³-hybridized carbons (Fsp3) is 0.235. The van der Waals surface area contributed by atoms with Gasteiger partial charge in [0.15, 0.2) is 5.75 Å². The molecule has 1 N–H and O–H groups in total. The lowest BCUT2D eigenvalue weighted by Gasteiger charge is -2.29. The number of carboxylic acids is 1. The molecule has 0 fully saturated rings. The molecule has 0 bridgehead atoms. The van der Waals surface area contributed by atoms with Gasteiger partial charge in [-0.05, 0) is 53.6 Å². The van der Waals surface area contributed by atoms with Gasteiger partial charge in [0, 0.05) is 29.6 Å². The van der Waals surface area contributed by atoms with Crippen molar-refractivity contribution in [3.05, 3.63) is 101 Å². The Morgan fingerprint density at radius 2 is 1.69 bits per heavy atom.